The van der Waals surface area contributed by atoms with E-state index in [9.17, 15) is 4.39 Å². The summed E-state index contributed by atoms with van der Waals surface area (Å²) in [6, 6.07) is 5.09. The van der Waals surface area contributed by atoms with E-state index in [1.165, 1.54) is 6.07 Å². The van der Waals surface area contributed by atoms with Gasteiger partial charge in [-0.1, -0.05) is 19.1 Å². The van der Waals surface area contributed by atoms with Gasteiger partial charge in [-0.05, 0) is 25.0 Å². The van der Waals surface area contributed by atoms with Crippen molar-refractivity contribution in [2.75, 3.05) is 5.32 Å². The summed E-state index contributed by atoms with van der Waals surface area (Å²) in [5, 5.41) is 7.53. The molecule has 1 heterocycles. The molecule has 0 aliphatic heterocycles. The van der Waals surface area contributed by atoms with Gasteiger partial charge in [0.15, 0.2) is 0 Å². The third kappa shape index (κ3) is 2.53. The Hall–Kier alpha value is -1.84. The van der Waals surface area contributed by atoms with Gasteiger partial charge in [0.2, 0.25) is 0 Å². The molecule has 0 aliphatic rings. The number of nitrogens with one attached hydrogen (secondary N) is 1. The van der Waals surface area contributed by atoms with Crippen molar-refractivity contribution in [2.24, 2.45) is 7.05 Å². The first-order chi connectivity index (χ1) is 8.61. The van der Waals surface area contributed by atoms with Crippen LogP contribution in [-0.2, 0) is 20.0 Å². The van der Waals surface area contributed by atoms with Crippen LogP contribution in [0.3, 0.4) is 0 Å². The van der Waals surface area contributed by atoms with Crippen LogP contribution >= 0.6 is 0 Å². The molecule has 0 atom stereocenters. The van der Waals surface area contributed by atoms with E-state index in [0.29, 0.717) is 12.2 Å². The van der Waals surface area contributed by atoms with Gasteiger partial charge in [0.1, 0.15) is 5.82 Å². The van der Waals surface area contributed by atoms with Crippen molar-refractivity contribution in [2.45, 2.75) is 26.8 Å². The molecule has 18 heavy (non-hydrogen) atoms. The lowest BCUT2D eigenvalue weighted by Gasteiger charge is -2.10. The quantitative estimate of drug-likeness (QED) is 0.900. The molecule has 3 nitrogen and oxygen atoms in total. The predicted octanol–water partition coefficient (Wildman–Crippen LogP) is 3.04. The van der Waals surface area contributed by atoms with Crippen molar-refractivity contribution < 1.29 is 4.39 Å². The van der Waals surface area contributed by atoms with Crippen molar-refractivity contribution in [3.8, 4) is 0 Å². The van der Waals surface area contributed by atoms with Gasteiger partial charge in [-0.25, -0.2) is 4.39 Å². The predicted molar refractivity (Wildman–Crippen MR) is 71.0 cm³/mol. The molecule has 0 aliphatic carbocycles. The Morgan fingerprint density at radius 3 is 2.83 bits per heavy atom. The van der Waals surface area contributed by atoms with E-state index in [0.717, 1.165) is 23.2 Å². The van der Waals surface area contributed by atoms with Crippen LogP contribution in [0.2, 0.25) is 0 Å². The molecule has 0 fully saturated rings. The summed E-state index contributed by atoms with van der Waals surface area (Å²) in [5.41, 5.74) is 3.65. The molecular formula is C14H18FN3. The number of anilines is 1. The molecule has 1 aromatic carbocycles. The Morgan fingerprint density at radius 1 is 1.39 bits per heavy atom. The molecule has 2 rings (SSSR count). The van der Waals surface area contributed by atoms with Crippen LogP contribution in [0, 0.1) is 12.7 Å². The summed E-state index contributed by atoms with van der Waals surface area (Å²) in [6.07, 6.45) is 2.86. The number of rotatable bonds is 4. The first kappa shape index (κ1) is 12.6. The standard InChI is InChI=1S/C14H18FN3/c1-4-13-11(9-18(3)17-13)8-16-14-10(2)6-5-7-12(14)15/h5-7,9,16H,4,8H2,1-3H3. The second-order valence-electron chi connectivity index (χ2n) is 4.41. The third-order valence-corrected chi connectivity index (χ3v) is 3.00. The fourth-order valence-electron chi connectivity index (χ4n) is 2.07. The number of halogens is 1. The van der Waals surface area contributed by atoms with Crippen LogP contribution in [0.1, 0.15) is 23.7 Å². The van der Waals surface area contributed by atoms with E-state index in [2.05, 4.69) is 17.3 Å². The second kappa shape index (κ2) is 5.21. The minimum Gasteiger partial charge on any atom is -0.378 e. The Labute approximate surface area is 107 Å². The molecule has 0 unspecified atom stereocenters. The van der Waals surface area contributed by atoms with Gasteiger partial charge in [-0.3, -0.25) is 4.68 Å². The zero-order chi connectivity index (χ0) is 13.1. The van der Waals surface area contributed by atoms with Gasteiger partial charge < -0.3 is 5.32 Å². The first-order valence-electron chi connectivity index (χ1n) is 6.12. The van der Waals surface area contributed by atoms with Crippen LogP contribution in [0.15, 0.2) is 24.4 Å². The molecule has 0 saturated carbocycles. The monoisotopic (exact) mass is 247 g/mol. The summed E-state index contributed by atoms with van der Waals surface area (Å²) in [6.45, 7) is 4.56. The van der Waals surface area contributed by atoms with Crippen LogP contribution in [-0.4, -0.2) is 9.78 Å². The third-order valence-electron chi connectivity index (χ3n) is 3.00. The zero-order valence-corrected chi connectivity index (χ0v) is 11.0. The van der Waals surface area contributed by atoms with Gasteiger partial charge in [0.25, 0.3) is 0 Å². The van der Waals surface area contributed by atoms with E-state index in [-0.39, 0.29) is 5.82 Å². The maximum Gasteiger partial charge on any atom is 0.146 e. The van der Waals surface area contributed by atoms with Crippen LogP contribution < -0.4 is 5.32 Å². The average molecular weight is 247 g/mol. The smallest absolute Gasteiger partial charge is 0.146 e. The van der Waals surface area contributed by atoms with Gasteiger partial charge in [0.05, 0.1) is 11.4 Å². The highest BCUT2D eigenvalue weighted by Crippen LogP contribution is 2.20. The molecule has 96 valence electrons. The Kier molecular flexibility index (Phi) is 3.65. The maximum absolute atomic E-state index is 13.7. The Morgan fingerprint density at radius 2 is 2.17 bits per heavy atom. The molecule has 0 radical (unpaired) electrons. The summed E-state index contributed by atoms with van der Waals surface area (Å²) in [5.74, 6) is -0.211. The Balaban J connectivity index is 2.16. The number of hydrogen-bond donors (Lipinski definition) is 1. The molecular weight excluding hydrogens is 229 g/mol. The number of benzene rings is 1. The molecule has 1 aromatic heterocycles. The van der Waals surface area contributed by atoms with Gasteiger partial charge in [0, 0.05) is 25.4 Å². The minimum atomic E-state index is -0.211. The summed E-state index contributed by atoms with van der Waals surface area (Å²) >= 11 is 0. The van der Waals surface area contributed by atoms with Crippen molar-refractivity contribution in [3.63, 3.8) is 0 Å². The normalized spacial score (nSPS) is 10.7. The summed E-state index contributed by atoms with van der Waals surface area (Å²) in [7, 11) is 1.90. The molecule has 0 amide bonds. The van der Waals surface area contributed by atoms with Crippen molar-refractivity contribution in [3.05, 3.63) is 47.0 Å². The number of aryl methyl sites for hydroxylation is 3. The number of aromatic nitrogens is 2. The highest BCUT2D eigenvalue weighted by molar-refractivity contribution is 5.52. The Bertz CT molecular complexity index is 526. The topological polar surface area (TPSA) is 29.9 Å². The van der Waals surface area contributed by atoms with Crippen LogP contribution in [0.4, 0.5) is 10.1 Å². The van der Waals surface area contributed by atoms with Crippen molar-refractivity contribution in [1.29, 1.82) is 0 Å². The summed E-state index contributed by atoms with van der Waals surface area (Å²) < 4.78 is 15.5. The van der Waals surface area contributed by atoms with E-state index in [1.54, 1.807) is 10.7 Å². The van der Waals surface area contributed by atoms with Crippen LogP contribution in [0.25, 0.3) is 0 Å². The zero-order valence-electron chi connectivity index (χ0n) is 11.0. The average Bonchev–Trinajstić information content (AvgIpc) is 2.69. The molecule has 0 spiro atoms. The minimum absolute atomic E-state index is 0.211. The highest BCUT2D eigenvalue weighted by atomic mass is 19.1. The molecule has 0 bridgehead atoms. The van der Waals surface area contributed by atoms with Crippen molar-refractivity contribution >= 4 is 5.69 Å². The lowest BCUT2D eigenvalue weighted by Crippen LogP contribution is -2.04. The van der Waals surface area contributed by atoms with Gasteiger partial charge in [-0.2, -0.15) is 5.10 Å². The van der Waals surface area contributed by atoms with E-state index in [4.69, 9.17) is 0 Å². The lowest BCUT2D eigenvalue weighted by molar-refractivity contribution is 0.629. The SMILES string of the molecule is CCc1nn(C)cc1CNc1c(C)cccc1F. The molecule has 4 heteroatoms. The van der Waals surface area contributed by atoms with E-state index in [1.807, 2.05) is 26.2 Å². The highest BCUT2D eigenvalue weighted by Gasteiger charge is 2.08. The lowest BCUT2D eigenvalue weighted by atomic mass is 10.1. The number of hydrogen-bond acceptors (Lipinski definition) is 2. The fraction of sp³-hybridized carbons (Fsp3) is 0.357. The number of nitrogens with zero attached hydrogens (tertiary/aromatic N) is 2. The van der Waals surface area contributed by atoms with Gasteiger partial charge >= 0.3 is 0 Å². The fourth-order valence-corrected chi connectivity index (χ4v) is 2.07. The van der Waals surface area contributed by atoms with E-state index < -0.39 is 0 Å². The molecule has 1 N–H and O–H groups in total. The number of para-hydroxylation sites is 1. The van der Waals surface area contributed by atoms with Crippen molar-refractivity contribution in [1.82, 2.24) is 9.78 Å². The first-order valence-corrected chi connectivity index (χ1v) is 6.12. The van der Waals surface area contributed by atoms with Gasteiger partial charge in [-0.15, -0.1) is 0 Å². The second-order valence-corrected chi connectivity index (χ2v) is 4.41. The maximum atomic E-state index is 13.7. The summed E-state index contributed by atoms with van der Waals surface area (Å²) in [4.78, 5) is 0. The van der Waals surface area contributed by atoms with E-state index >= 15 is 0 Å². The largest absolute Gasteiger partial charge is 0.378 e. The molecule has 0 saturated heterocycles. The van der Waals surface area contributed by atoms with Crippen LogP contribution in [0.5, 0.6) is 0 Å². The molecule has 2 aromatic rings.